The minimum Gasteiger partial charge on any atom is -0.379 e. The fraction of sp³-hybridized carbons (Fsp3) is 0.611. The minimum atomic E-state index is -0.480. The number of carbonyl (C=O) groups excluding carboxylic acids is 1. The third kappa shape index (κ3) is 6.12. The van der Waals surface area contributed by atoms with E-state index in [0.717, 1.165) is 30.1 Å². The molecule has 1 aliphatic heterocycles. The third-order valence-corrected chi connectivity index (χ3v) is 5.12. The second-order valence-electron chi connectivity index (χ2n) is 6.34. The summed E-state index contributed by atoms with van der Waals surface area (Å²) in [7, 11) is 0. The highest BCUT2D eigenvalue weighted by molar-refractivity contribution is 6.31. The Bertz CT molecular complexity index is 539. The summed E-state index contributed by atoms with van der Waals surface area (Å²) >= 11 is 6.39. The molecule has 1 heterocycles. The van der Waals surface area contributed by atoms with Crippen LogP contribution in [-0.2, 0) is 9.53 Å². The van der Waals surface area contributed by atoms with Crippen molar-refractivity contribution in [1.82, 2.24) is 10.2 Å². The lowest BCUT2D eigenvalue weighted by Gasteiger charge is -2.35. The second-order valence-corrected chi connectivity index (χ2v) is 6.75. The maximum absolute atomic E-state index is 12.3. The van der Waals surface area contributed by atoms with E-state index in [4.69, 9.17) is 22.1 Å². The van der Waals surface area contributed by atoms with Gasteiger partial charge in [-0.05, 0) is 17.5 Å². The number of hydrogen-bond acceptors (Lipinski definition) is 4. The summed E-state index contributed by atoms with van der Waals surface area (Å²) in [6, 6.07) is 7.34. The summed E-state index contributed by atoms with van der Waals surface area (Å²) in [5, 5.41) is 3.73. The number of nitrogens with two attached hydrogens (primary N) is 1. The highest BCUT2D eigenvalue weighted by atomic mass is 35.5. The van der Waals surface area contributed by atoms with Gasteiger partial charge in [0.2, 0.25) is 5.91 Å². The molecule has 3 N–H and O–H groups in total. The number of ether oxygens (including phenoxy) is 1. The fourth-order valence-electron chi connectivity index (χ4n) is 2.90. The van der Waals surface area contributed by atoms with E-state index in [1.165, 1.54) is 0 Å². The third-order valence-electron chi connectivity index (χ3n) is 4.78. The zero-order chi connectivity index (χ0) is 17.5. The number of morpholine rings is 1. The minimum absolute atomic E-state index is 0. The molecule has 0 bridgehead atoms. The van der Waals surface area contributed by atoms with Gasteiger partial charge >= 0.3 is 0 Å². The van der Waals surface area contributed by atoms with Crippen molar-refractivity contribution in [3.63, 3.8) is 0 Å². The van der Waals surface area contributed by atoms with E-state index in [2.05, 4.69) is 10.2 Å². The van der Waals surface area contributed by atoms with E-state index in [-0.39, 0.29) is 30.3 Å². The highest BCUT2D eigenvalue weighted by Crippen LogP contribution is 2.27. The fourth-order valence-corrected chi connectivity index (χ4v) is 3.16. The van der Waals surface area contributed by atoms with Crippen LogP contribution in [0, 0.1) is 5.92 Å². The quantitative estimate of drug-likeness (QED) is 0.751. The van der Waals surface area contributed by atoms with Crippen LogP contribution in [0.1, 0.15) is 31.9 Å². The Kier molecular flexibility index (Phi) is 9.75. The number of carbonyl (C=O) groups is 1. The van der Waals surface area contributed by atoms with Crippen LogP contribution in [0.15, 0.2) is 24.3 Å². The molecule has 25 heavy (non-hydrogen) atoms. The van der Waals surface area contributed by atoms with Crippen LogP contribution in [0.4, 0.5) is 0 Å². The van der Waals surface area contributed by atoms with Crippen LogP contribution in [0.25, 0.3) is 0 Å². The van der Waals surface area contributed by atoms with Crippen LogP contribution < -0.4 is 11.1 Å². The van der Waals surface area contributed by atoms with Gasteiger partial charge in [0.25, 0.3) is 0 Å². The van der Waals surface area contributed by atoms with Gasteiger partial charge < -0.3 is 15.8 Å². The molecule has 2 rings (SSSR count). The number of amides is 1. The Morgan fingerprint density at radius 2 is 2.00 bits per heavy atom. The van der Waals surface area contributed by atoms with Crippen molar-refractivity contribution in [2.24, 2.45) is 11.7 Å². The van der Waals surface area contributed by atoms with Crippen molar-refractivity contribution in [2.45, 2.75) is 32.4 Å². The standard InChI is InChI=1S/C18H28ClN3O2.ClH/c1-3-13(2)17(20)18(23)21-12-16(22-8-10-24-11-9-22)14-6-4-5-7-15(14)19;/h4-7,13,16-17H,3,8-12,20H2,1-2H3,(H,21,23);1H. The summed E-state index contributed by atoms with van der Waals surface area (Å²) < 4.78 is 5.44. The number of benzene rings is 1. The first-order valence-corrected chi connectivity index (χ1v) is 9.01. The Morgan fingerprint density at radius 3 is 2.60 bits per heavy atom. The first-order valence-electron chi connectivity index (χ1n) is 8.64. The van der Waals surface area contributed by atoms with Gasteiger partial charge in [-0.3, -0.25) is 9.69 Å². The average Bonchev–Trinajstić information content (AvgIpc) is 2.62. The van der Waals surface area contributed by atoms with E-state index in [0.29, 0.717) is 19.8 Å². The zero-order valence-corrected chi connectivity index (χ0v) is 16.5. The monoisotopic (exact) mass is 389 g/mol. The molecule has 0 spiro atoms. The molecule has 1 saturated heterocycles. The molecule has 3 atom stereocenters. The molecule has 7 heteroatoms. The molecule has 1 aromatic rings. The molecule has 1 amide bonds. The Balaban J connectivity index is 0.00000312. The number of nitrogens with zero attached hydrogens (tertiary/aromatic N) is 1. The van der Waals surface area contributed by atoms with Gasteiger partial charge in [0.1, 0.15) is 0 Å². The van der Waals surface area contributed by atoms with Crippen molar-refractivity contribution in [3.8, 4) is 0 Å². The smallest absolute Gasteiger partial charge is 0.237 e. The van der Waals surface area contributed by atoms with Gasteiger partial charge in [0.05, 0.1) is 25.3 Å². The molecule has 0 aliphatic carbocycles. The molecule has 0 aromatic heterocycles. The van der Waals surface area contributed by atoms with Gasteiger partial charge in [-0.1, -0.05) is 50.1 Å². The topological polar surface area (TPSA) is 67.6 Å². The van der Waals surface area contributed by atoms with E-state index >= 15 is 0 Å². The van der Waals surface area contributed by atoms with Crippen LogP contribution in [0.2, 0.25) is 5.02 Å². The predicted molar refractivity (Wildman–Crippen MR) is 104 cm³/mol. The summed E-state index contributed by atoms with van der Waals surface area (Å²) in [5.74, 6) is 0.0572. The SMILES string of the molecule is CCC(C)C(N)C(=O)NCC(c1ccccc1Cl)N1CCOCC1.Cl. The number of rotatable bonds is 7. The van der Waals surface area contributed by atoms with Crippen molar-refractivity contribution in [2.75, 3.05) is 32.8 Å². The van der Waals surface area contributed by atoms with Crippen LogP contribution in [-0.4, -0.2) is 49.7 Å². The molecular weight excluding hydrogens is 361 g/mol. The molecule has 142 valence electrons. The largest absolute Gasteiger partial charge is 0.379 e. The van der Waals surface area contributed by atoms with E-state index < -0.39 is 6.04 Å². The van der Waals surface area contributed by atoms with Gasteiger partial charge in [-0.2, -0.15) is 0 Å². The summed E-state index contributed by atoms with van der Waals surface area (Å²) in [5.41, 5.74) is 7.06. The van der Waals surface area contributed by atoms with Crippen LogP contribution >= 0.6 is 24.0 Å². The number of hydrogen-bond donors (Lipinski definition) is 2. The molecule has 0 saturated carbocycles. The zero-order valence-electron chi connectivity index (χ0n) is 14.9. The number of nitrogens with one attached hydrogen (secondary N) is 1. The lowest BCUT2D eigenvalue weighted by atomic mass is 9.99. The molecule has 3 unspecified atom stereocenters. The highest BCUT2D eigenvalue weighted by Gasteiger charge is 2.26. The summed E-state index contributed by atoms with van der Waals surface area (Å²) in [6.07, 6.45) is 0.881. The molecule has 1 aliphatic rings. The van der Waals surface area contributed by atoms with Crippen LogP contribution in [0.3, 0.4) is 0 Å². The van der Waals surface area contributed by atoms with E-state index in [1.54, 1.807) is 0 Å². The van der Waals surface area contributed by atoms with Gasteiger partial charge in [0, 0.05) is 24.7 Å². The molecule has 1 fully saturated rings. The average molecular weight is 390 g/mol. The van der Waals surface area contributed by atoms with Crippen molar-refractivity contribution in [1.29, 1.82) is 0 Å². The maximum Gasteiger partial charge on any atom is 0.237 e. The molecule has 1 aromatic carbocycles. The first kappa shape index (κ1) is 22.2. The van der Waals surface area contributed by atoms with E-state index in [1.807, 2.05) is 38.1 Å². The first-order chi connectivity index (χ1) is 11.5. The molecular formula is C18H29Cl2N3O2. The lowest BCUT2D eigenvalue weighted by Crippen LogP contribution is -2.49. The summed E-state index contributed by atoms with van der Waals surface area (Å²) in [6.45, 7) is 7.57. The number of halogens is 2. The predicted octanol–water partition coefficient (Wildman–Crippen LogP) is 2.62. The summed E-state index contributed by atoms with van der Waals surface area (Å²) in [4.78, 5) is 14.6. The Labute approximate surface area is 161 Å². The van der Waals surface area contributed by atoms with Crippen molar-refractivity contribution >= 4 is 29.9 Å². The van der Waals surface area contributed by atoms with Crippen molar-refractivity contribution in [3.05, 3.63) is 34.9 Å². The van der Waals surface area contributed by atoms with Crippen molar-refractivity contribution < 1.29 is 9.53 Å². The van der Waals surface area contributed by atoms with Gasteiger partial charge in [-0.15, -0.1) is 12.4 Å². The normalized spacial score (nSPS) is 18.7. The Morgan fingerprint density at radius 1 is 1.36 bits per heavy atom. The maximum atomic E-state index is 12.3. The van der Waals surface area contributed by atoms with Crippen LogP contribution in [0.5, 0.6) is 0 Å². The van der Waals surface area contributed by atoms with Gasteiger partial charge in [0.15, 0.2) is 0 Å². The molecule has 0 radical (unpaired) electrons. The van der Waals surface area contributed by atoms with Gasteiger partial charge in [-0.25, -0.2) is 0 Å². The second kappa shape index (κ2) is 11.0. The molecule has 5 nitrogen and oxygen atoms in total. The Hall–Kier alpha value is -0.850. The van der Waals surface area contributed by atoms with E-state index in [9.17, 15) is 4.79 Å². The lowest BCUT2D eigenvalue weighted by molar-refractivity contribution is -0.123.